The molecule has 0 aromatic carbocycles. The lowest BCUT2D eigenvalue weighted by atomic mass is 10.0. The quantitative estimate of drug-likeness (QED) is 0.553. The zero-order valence-corrected chi connectivity index (χ0v) is 9.91. The lowest BCUT2D eigenvalue weighted by molar-refractivity contribution is 0.0164. The molecule has 4 nitrogen and oxygen atoms in total. The molecule has 0 fully saturated rings. The Labute approximate surface area is 98.7 Å². The Balaban J connectivity index is 2.86. The van der Waals surface area contributed by atoms with Crippen LogP contribution in [0, 0.1) is 6.92 Å². The van der Waals surface area contributed by atoms with Gasteiger partial charge in [-0.15, -0.1) is 0 Å². The summed E-state index contributed by atoms with van der Waals surface area (Å²) in [6, 6.07) is 0. The molecule has 1 heterocycles. The maximum atomic E-state index is 9.78. The molecule has 2 N–H and O–H groups in total. The van der Waals surface area contributed by atoms with Crippen molar-refractivity contribution >= 4 is 24.2 Å². The zero-order valence-electron chi connectivity index (χ0n) is 8.26. The predicted octanol–water partition coefficient (Wildman–Crippen LogP) is 1.15. The van der Waals surface area contributed by atoms with Gasteiger partial charge in [-0.25, -0.2) is 9.97 Å². The van der Waals surface area contributed by atoms with E-state index in [1.807, 2.05) is 0 Å². The SMILES string of the molecule is Cc1nc(Cl)ncc1C(O)C(O)CCS. The summed E-state index contributed by atoms with van der Waals surface area (Å²) in [6.45, 7) is 1.71. The molecule has 0 amide bonds. The second-order valence-corrected chi connectivity index (χ2v) is 3.99. The van der Waals surface area contributed by atoms with Gasteiger partial charge in [-0.1, -0.05) is 0 Å². The number of aromatic nitrogens is 2. The molecule has 0 aliphatic rings. The van der Waals surface area contributed by atoms with Crippen LogP contribution >= 0.6 is 24.2 Å². The Morgan fingerprint density at radius 3 is 2.73 bits per heavy atom. The lowest BCUT2D eigenvalue weighted by Gasteiger charge is -2.18. The molecule has 2 atom stereocenters. The summed E-state index contributed by atoms with van der Waals surface area (Å²) in [6.07, 6.45) is -0.0101. The van der Waals surface area contributed by atoms with Gasteiger partial charge in [0.05, 0.1) is 6.10 Å². The minimum absolute atomic E-state index is 0.132. The van der Waals surface area contributed by atoms with Gasteiger partial charge in [0.2, 0.25) is 5.28 Å². The van der Waals surface area contributed by atoms with E-state index < -0.39 is 12.2 Å². The normalized spacial score (nSPS) is 15.0. The van der Waals surface area contributed by atoms with Gasteiger partial charge in [-0.2, -0.15) is 12.6 Å². The number of aryl methyl sites for hydroxylation is 1. The molecule has 0 aliphatic carbocycles. The topological polar surface area (TPSA) is 66.2 Å². The van der Waals surface area contributed by atoms with Crippen molar-refractivity contribution in [3.63, 3.8) is 0 Å². The maximum absolute atomic E-state index is 9.78. The van der Waals surface area contributed by atoms with Crippen molar-refractivity contribution in [1.82, 2.24) is 9.97 Å². The number of rotatable bonds is 4. The fourth-order valence-corrected chi connectivity index (χ4v) is 1.68. The van der Waals surface area contributed by atoms with E-state index >= 15 is 0 Å². The van der Waals surface area contributed by atoms with E-state index in [1.54, 1.807) is 6.92 Å². The van der Waals surface area contributed by atoms with Gasteiger partial charge in [-0.05, 0) is 30.7 Å². The molecular formula is C9H13ClN2O2S. The molecule has 1 aromatic heterocycles. The Hall–Kier alpha value is -0.360. The maximum Gasteiger partial charge on any atom is 0.222 e. The van der Waals surface area contributed by atoms with E-state index in [1.165, 1.54) is 6.20 Å². The lowest BCUT2D eigenvalue weighted by Crippen LogP contribution is -2.20. The molecule has 0 radical (unpaired) electrons. The highest BCUT2D eigenvalue weighted by molar-refractivity contribution is 7.80. The number of thiol groups is 1. The molecular weight excluding hydrogens is 236 g/mol. The fourth-order valence-electron chi connectivity index (χ4n) is 1.24. The van der Waals surface area contributed by atoms with Crippen LogP contribution in [-0.2, 0) is 0 Å². The average molecular weight is 249 g/mol. The first-order chi connectivity index (χ1) is 7.06. The highest BCUT2D eigenvalue weighted by atomic mass is 35.5. The van der Waals surface area contributed by atoms with Gasteiger partial charge < -0.3 is 10.2 Å². The third-order valence-corrected chi connectivity index (χ3v) is 2.54. The van der Waals surface area contributed by atoms with E-state index in [0.29, 0.717) is 23.4 Å². The molecule has 6 heteroatoms. The summed E-state index contributed by atoms with van der Waals surface area (Å²) in [5.74, 6) is 0.506. The molecule has 1 aromatic rings. The van der Waals surface area contributed by atoms with Crippen LogP contribution in [0.15, 0.2) is 6.20 Å². The average Bonchev–Trinajstić information content (AvgIpc) is 2.17. The van der Waals surface area contributed by atoms with Crippen LogP contribution in [0.3, 0.4) is 0 Å². The minimum Gasteiger partial charge on any atom is -0.390 e. The Morgan fingerprint density at radius 2 is 2.20 bits per heavy atom. The predicted molar refractivity (Wildman–Crippen MR) is 61.2 cm³/mol. The molecule has 0 spiro atoms. The van der Waals surface area contributed by atoms with Crippen LogP contribution < -0.4 is 0 Å². The third kappa shape index (κ3) is 3.31. The van der Waals surface area contributed by atoms with Crippen LogP contribution in [0.5, 0.6) is 0 Å². The number of aliphatic hydroxyl groups excluding tert-OH is 2. The van der Waals surface area contributed by atoms with E-state index in [0.717, 1.165) is 0 Å². The summed E-state index contributed by atoms with van der Waals surface area (Å²) < 4.78 is 0. The molecule has 1 rings (SSSR count). The summed E-state index contributed by atoms with van der Waals surface area (Å²) >= 11 is 9.57. The third-order valence-electron chi connectivity index (χ3n) is 2.10. The molecule has 2 unspecified atom stereocenters. The Kier molecular flexibility index (Phi) is 4.79. The fraction of sp³-hybridized carbons (Fsp3) is 0.556. The van der Waals surface area contributed by atoms with Crippen LogP contribution in [0.25, 0.3) is 0 Å². The highest BCUT2D eigenvalue weighted by Crippen LogP contribution is 2.21. The Morgan fingerprint density at radius 1 is 1.53 bits per heavy atom. The summed E-state index contributed by atoms with van der Waals surface area (Å²) in [5, 5.41) is 19.5. The summed E-state index contributed by atoms with van der Waals surface area (Å²) in [5.41, 5.74) is 1.06. The molecule has 0 aliphatic heterocycles. The van der Waals surface area contributed by atoms with Gasteiger partial charge in [0, 0.05) is 17.5 Å². The van der Waals surface area contributed by atoms with E-state index in [9.17, 15) is 10.2 Å². The standard InChI is InChI=1S/C9H13ClN2O2S/c1-5-6(4-11-9(10)12-5)8(14)7(13)2-3-15/h4,7-8,13-15H,2-3H2,1H3. The molecule has 0 saturated carbocycles. The first kappa shape index (κ1) is 12.7. The molecule has 0 saturated heterocycles. The number of halogens is 1. The van der Waals surface area contributed by atoms with Gasteiger partial charge in [0.1, 0.15) is 6.10 Å². The van der Waals surface area contributed by atoms with Crippen LogP contribution in [0.1, 0.15) is 23.8 Å². The van der Waals surface area contributed by atoms with Crippen molar-refractivity contribution in [1.29, 1.82) is 0 Å². The van der Waals surface area contributed by atoms with Gasteiger partial charge >= 0.3 is 0 Å². The smallest absolute Gasteiger partial charge is 0.222 e. The molecule has 84 valence electrons. The highest BCUT2D eigenvalue weighted by Gasteiger charge is 2.20. The van der Waals surface area contributed by atoms with Gasteiger partial charge in [-0.3, -0.25) is 0 Å². The van der Waals surface area contributed by atoms with Crippen molar-refractivity contribution in [2.24, 2.45) is 0 Å². The molecule has 0 bridgehead atoms. The number of hydrogen-bond donors (Lipinski definition) is 3. The second-order valence-electron chi connectivity index (χ2n) is 3.20. The van der Waals surface area contributed by atoms with Gasteiger partial charge in [0.25, 0.3) is 0 Å². The van der Waals surface area contributed by atoms with Crippen molar-refractivity contribution in [2.45, 2.75) is 25.6 Å². The summed E-state index contributed by atoms with van der Waals surface area (Å²) in [4.78, 5) is 7.67. The number of hydrogen-bond acceptors (Lipinski definition) is 5. The van der Waals surface area contributed by atoms with Crippen LogP contribution in [0.4, 0.5) is 0 Å². The van der Waals surface area contributed by atoms with E-state index in [2.05, 4.69) is 22.6 Å². The first-order valence-electron chi connectivity index (χ1n) is 4.52. The summed E-state index contributed by atoms with van der Waals surface area (Å²) in [7, 11) is 0. The van der Waals surface area contributed by atoms with E-state index in [4.69, 9.17) is 11.6 Å². The minimum atomic E-state index is -0.991. The van der Waals surface area contributed by atoms with E-state index in [-0.39, 0.29) is 5.28 Å². The monoisotopic (exact) mass is 248 g/mol. The van der Waals surface area contributed by atoms with Crippen LogP contribution in [-0.4, -0.2) is 32.0 Å². The molecule has 15 heavy (non-hydrogen) atoms. The Bertz CT molecular complexity index is 338. The zero-order chi connectivity index (χ0) is 11.4. The number of aliphatic hydroxyl groups is 2. The van der Waals surface area contributed by atoms with Gasteiger partial charge in [0.15, 0.2) is 0 Å². The van der Waals surface area contributed by atoms with Crippen molar-refractivity contribution < 1.29 is 10.2 Å². The largest absolute Gasteiger partial charge is 0.390 e. The second kappa shape index (κ2) is 5.65. The first-order valence-corrected chi connectivity index (χ1v) is 5.53. The van der Waals surface area contributed by atoms with Crippen molar-refractivity contribution in [2.75, 3.05) is 5.75 Å². The van der Waals surface area contributed by atoms with Crippen LogP contribution in [0.2, 0.25) is 5.28 Å². The van der Waals surface area contributed by atoms with Crippen molar-refractivity contribution in [3.8, 4) is 0 Å². The number of nitrogens with zero attached hydrogens (tertiary/aromatic N) is 2. The van der Waals surface area contributed by atoms with Crippen molar-refractivity contribution in [3.05, 3.63) is 22.7 Å².